The number of hydrogen-bond donors (Lipinski definition) is 1. The van der Waals surface area contributed by atoms with Crippen molar-refractivity contribution in [1.29, 1.82) is 5.26 Å². The molecule has 170 valence electrons. The third-order valence-corrected chi connectivity index (χ3v) is 5.51. The average molecular weight is 445 g/mol. The highest BCUT2D eigenvalue weighted by atomic mass is 16.5. The van der Waals surface area contributed by atoms with E-state index in [1.807, 2.05) is 24.3 Å². The molecule has 1 amide bonds. The molecule has 1 aliphatic rings. The number of aromatic nitrogens is 2. The largest absolute Gasteiger partial charge is 0.378 e. The van der Waals surface area contributed by atoms with Gasteiger partial charge in [-0.05, 0) is 49.4 Å². The molecular formula is C25H28N6O2. The van der Waals surface area contributed by atoms with Crippen molar-refractivity contribution in [2.24, 2.45) is 0 Å². The molecule has 0 radical (unpaired) electrons. The van der Waals surface area contributed by atoms with Gasteiger partial charge in [-0.25, -0.2) is 9.97 Å². The van der Waals surface area contributed by atoms with Crippen LogP contribution in [0.15, 0.2) is 60.8 Å². The highest BCUT2D eigenvalue weighted by Gasteiger charge is 2.15. The molecule has 1 aromatic heterocycles. The molecule has 0 bridgehead atoms. The zero-order valence-corrected chi connectivity index (χ0v) is 18.6. The van der Waals surface area contributed by atoms with Crippen LogP contribution in [0, 0.1) is 11.3 Å². The van der Waals surface area contributed by atoms with Crippen LogP contribution in [0.1, 0.15) is 18.7 Å². The van der Waals surface area contributed by atoms with E-state index in [4.69, 9.17) is 15.0 Å². The van der Waals surface area contributed by atoms with Crippen molar-refractivity contribution >= 4 is 23.2 Å². The van der Waals surface area contributed by atoms with Gasteiger partial charge in [0.2, 0.25) is 5.95 Å². The second-order valence-electron chi connectivity index (χ2n) is 7.52. The first-order chi connectivity index (χ1) is 16.2. The van der Waals surface area contributed by atoms with Gasteiger partial charge in [0.1, 0.15) is 6.54 Å². The first-order valence-electron chi connectivity index (χ1n) is 11.0. The molecule has 0 saturated carbocycles. The molecular weight excluding hydrogens is 416 g/mol. The summed E-state index contributed by atoms with van der Waals surface area (Å²) in [6, 6.07) is 19.4. The van der Waals surface area contributed by atoms with Crippen LogP contribution in [0.2, 0.25) is 0 Å². The Balaban J connectivity index is 0.00000324. The third kappa shape index (κ3) is 5.27. The Bertz CT molecular complexity index is 1130. The van der Waals surface area contributed by atoms with Gasteiger partial charge in [-0.3, -0.25) is 4.79 Å². The second kappa shape index (κ2) is 10.6. The fourth-order valence-electron chi connectivity index (χ4n) is 3.76. The molecule has 1 fully saturated rings. The fourth-order valence-corrected chi connectivity index (χ4v) is 3.76. The van der Waals surface area contributed by atoms with Gasteiger partial charge in [0.05, 0.1) is 25.0 Å². The van der Waals surface area contributed by atoms with Gasteiger partial charge in [0, 0.05) is 49.8 Å². The molecule has 0 atom stereocenters. The highest BCUT2D eigenvalue weighted by molar-refractivity contribution is 5.94. The number of nitrogens with one attached hydrogen (secondary N) is 1. The van der Waals surface area contributed by atoms with Crippen molar-refractivity contribution in [2.45, 2.75) is 6.92 Å². The number of nitriles is 1. The molecule has 2 heterocycles. The highest BCUT2D eigenvalue weighted by Crippen LogP contribution is 2.27. The molecule has 8 heteroatoms. The van der Waals surface area contributed by atoms with E-state index in [0.29, 0.717) is 11.5 Å². The summed E-state index contributed by atoms with van der Waals surface area (Å²) in [5.74, 6) is 0.342. The Labute approximate surface area is 194 Å². The van der Waals surface area contributed by atoms with Gasteiger partial charge in [0.25, 0.3) is 5.91 Å². The monoisotopic (exact) mass is 444 g/mol. The molecule has 2 aromatic carbocycles. The van der Waals surface area contributed by atoms with E-state index >= 15 is 0 Å². The lowest BCUT2D eigenvalue weighted by Crippen LogP contribution is -2.36. The van der Waals surface area contributed by atoms with Gasteiger partial charge >= 0.3 is 0 Å². The van der Waals surface area contributed by atoms with Crippen molar-refractivity contribution in [3.8, 4) is 17.3 Å². The molecule has 8 nitrogen and oxygen atoms in total. The van der Waals surface area contributed by atoms with Crippen molar-refractivity contribution in [3.63, 3.8) is 0 Å². The number of morpholine rings is 1. The molecule has 1 saturated heterocycles. The van der Waals surface area contributed by atoms with Crippen LogP contribution in [0.3, 0.4) is 0 Å². The summed E-state index contributed by atoms with van der Waals surface area (Å²) in [6.45, 7) is 6.10. The lowest BCUT2D eigenvalue weighted by atomic mass is 10.1. The van der Waals surface area contributed by atoms with Crippen LogP contribution < -0.4 is 15.1 Å². The Morgan fingerprint density at radius 3 is 2.55 bits per heavy atom. The number of carbonyl (C=O) groups is 1. The number of hydrogen-bond acceptors (Lipinski definition) is 7. The van der Waals surface area contributed by atoms with Crippen LogP contribution in [-0.4, -0.2) is 55.3 Å². The van der Waals surface area contributed by atoms with Crippen molar-refractivity contribution < 1.29 is 11.0 Å². The Kier molecular flexibility index (Phi) is 7.12. The van der Waals surface area contributed by atoms with E-state index in [-0.39, 0.29) is 13.9 Å². The zero-order valence-electron chi connectivity index (χ0n) is 18.6. The minimum atomic E-state index is -0.274. The lowest BCUT2D eigenvalue weighted by Gasteiger charge is -2.29. The quantitative estimate of drug-likeness (QED) is 0.556. The Morgan fingerprint density at radius 2 is 1.88 bits per heavy atom. The SMILES string of the molecule is CCN(c1ccc(N2CCOCC2)cc1)c1nccc(-c2ccc(C(=O)NCC#N)cc2)n1.[HH]. The molecule has 1 N–H and O–H groups in total. The van der Waals surface area contributed by atoms with E-state index in [2.05, 4.69) is 51.3 Å². The number of nitrogens with zero attached hydrogens (tertiary/aromatic N) is 5. The Hall–Kier alpha value is -3.96. The van der Waals surface area contributed by atoms with Gasteiger partial charge in [-0.1, -0.05) is 12.1 Å². The van der Waals surface area contributed by atoms with Crippen molar-refractivity contribution in [1.82, 2.24) is 15.3 Å². The predicted molar refractivity (Wildman–Crippen MR) is 130 cm³/mol. The smallest absolute Gasteiger partial charge is 0.252 e. The van der Waals surface area contributed by atoms with Crippen LogP contribution >= 0.6 is 0 Å². The van der Waals surface area contributed by atoms with E-state index in [9.17, 15) is 4.79 Å². The third-order valence-electron chi connectivity index (χ3n) is 5.51. The lowest BCUT2D eigenvalue weighted by molar-refractivity contribution is 0.0958. The van der Waals surface area contributed by atoms with Crippen LogP contribution in [0.4, 0.5) is 17.3 Å². The van der Waals surface area contributed by atoms with E-state index in [1.165, 1.54) is 5.69 Å². The van der Waals surface area contributed by atoms with E-state index < -0.39 is 0 Å². The summed E-state index contributed by atoms with van der Waals surface area (Å²) in [6.07, 6.45) is 1.75. The maximum Gasteiger partial charge on any atom is 0.252 e. The van der Waals surface area contributed by atoms with E-state index in [0.717, 1.165) is 49.8 Å². The topological polar surface area (TPSA) is 94.4 Å². The molecule has 0 spiro atoms. The number of benzene rings is 2. The van der Waals surface area contributed by atoms with E-state index in [1.54, 1.807) is 18.3 Å². The number of ether oxygens (including phenoxy) is 1. The maximum absolute atomic E-state index is 12.0. The number of rotatable bonds is 7. The summed E-state index contributed by atoms with van der Waals surface area (Å²) < 4.78 is 5.44. The molecule has 33 heavy (non-hydrogen) atoms. The average Bonchev–Trinajstić information content (AvgIpc) is 2.89. The standard InChI is InChI=1S/C25H26N6O2.H2/c1-2-31(22-9-7-21(8-10-22)30-15-17-33-18-16-30)25-28-13-11-23(29-25)19-3-5-20(6-4-19)24(32)27-14-12-26;/h3-11,13H,2,14-18H2,1H3,(H,27,32);1H. The minimum absolute atomic E-state index is 0. The summed E-state index contributed by atoms with van der Waals surface area (Å²) in [4.78, 5) is 25.7. The Morgan fingerprint density at radius 1 is 1.15 bits per heavy atom. The summed E-state index contributed by atoms with van der Waals surface area (Å²) >= 11 is 0. The van der Waals surface area contributed by atoms with Gasteiger partial charge < -0.3 is 19.9 Å². The number of anilines is 3. The summed E-state index contributed by atoms with van der Waals surface area (Å²) in [7, 11) is 0. The van der Waals surface area contributed by atoms with Crippen LogP contribution in [-0.2, 0) is 4.74 Å². The van der Waals surface area contributed by atoms with Crippen LogP contribution in [0.5, 0.6) is 0 Å². The van der Waals surface area contributed by atoms with Crippen molar-refractivity contribution in [3.05, 3.63) is 66.4 Å². The minimum Gasteiger partial charge on any atom is -0.378 e. The first kappa shape index (κ1) is 22.2. The number of carbonyl (C=O) groups excluding carboxylic acids is 1. The summed E-state index contributed by atoms with van der Waals surface area (Å²) in [5, 5.41) is 11.2. The normalized spacial score (nSPS) is 13.3. The molecule has 4 rings (SSSR count). The van der Waals surface area contributed by atoms with Crippen LogP contribution in [0.25, 0.3) is 11.3 Å². The molecule has 1 aliphatic heterocycles. The zero-order chi connectivity index (χ0) is 23.0. The predicted octanol–water partition coefficient (Wildman–Crippen LogP) is 3.64. The fraction of sp³-hybridized carbons (Fsp3) is 0.280. The molecule has 0 unspecified atom stereocenters. The summed E-state index contributed by atoms with van der Waals surface area (Å²) in [5.41, 5.74) is 4.36. The molecule has 0 aliphatic carbocycles. The van der Waals surface area contributed by atoms with Gasteiger partial charge in [-0.2, -0.15) is 5.26 Å². The number of amides is 1. The van der Waals surface area contributed by atoms with Crippen molar-refractivity contribution in [2.75, 3.05) is 49.2 Å². The van der Waals surface area contributed by atoms with Gasteiger partial charge in [-0.15, -0.1) is 0 Å². The van der Waals surface area contributed by atoms with Gasteiger partial charge in [0.15, 0.2) is 0 Å². The first-order valence-corrected chi connectivity index (χ1v) is 11.0. The molecule has 3 aromatic rings. The maximum atomic E-state index is 12.0. The second-order valence-corrected chi connectivity index (χ2v) is 7.52.